The Hall–Kier alpha value is -0.870. The maximum atomic E-state index is 10.6. The van der Waals surface area contributed by atoms with Crippen LogP contribution in [0.2, 0.25) is 0 Å². The third kappa shape index (κ3) is 2.32. The van der Waals surface area contributed by atoms with Crippen molar-refractivity contribution in [3.05, 3.63) is 22.4 Å². The second-order valence-electron chi connectivity index (χ2n) is 2.16. The van der Waals surface area contributed by atoms with E-state index in [1.54, 1.807) is 0 Å². The predicted molar refractivity (Wildman–Crippen MR) is 42.3 cm³/mol. The average Bonchev–Trinajstić information content (AvgIpc) is 2.39. The molecule has 0 radical (unpaired) electrons. The fourth-order valence-corrected chi connectivity index (χ4v) is 1.35. The fourth-order valence-electron chi connectivity index (χ4n) is 0.661. The number of amides is 1. The van der Waals surface area contributed by atoms with E-state index in [1.165, 1.54) is 18.3 Å². The van der Waals surface area contributed by atoms with Gasteiger partial charge >= 0.3 is 0 Å². The van der Waals surface area contributed by atoms with Gasteiger partial charge in [0.2, 0.25) is 5.91 Å². The fraction of sp³-hybridized carbons (Fsp3) is 0.286. The van der Waals surface area contributed by atoms with Crippen LogP contribution in [0, 0.1) is 0 Å². The first-order valence-corrected chi connectivity index (χ1v) is 4.07. The highest BCUT2D eigenvalue weighted by Crippen LogP contribution is 2.10. The molecule has 0 aliphatic heterocycles. The lowest BCUT2D eigenvalue weighted by Gasteiger charge is -2.09. The van der Waals surface area contributed by atoms with Crippen molar-refractivity contribution < 1.29 is 10.0 Å². The zero-order valence-electron chi connectivity index (χ0n) is 6.15. The zero-order chi connectivity index (χ0) is 8.27. The zero-order valence-corrected chi connectivity index (χ0v) is 6.97. The Balaban J connectivity index is 2.50. The van der Waals surface area contributed by atoms with E-state index in [1.807, 2.05) is 17.5 Å². The first-order chi connectivity index (χ1) is 5.20. The van der Waals surface area contributed by atoms with E-state index in [2.05, 4.69) is 0 Å². The average molecular weight is 171 g/mol. The molecule has 0 aromatic carbocycles. The van der Waals surface area contributed by atoms with Crippen LogP contribution in [0.25, 0.3) is 0 Å². The highest BCUT2D eigenvalue weighted by atomic mass is 32.1. The van der Waals surface area contributed by atoms with Gasteiger partial charge in [0, 0.05) is 11.8 Å². The number of carbonyl (C=O) groups excluding carboxylic acids is 1. The largest absolute Gasteiger partial charge is 0.286 e. The Bertz CT molecular complexity index is 233. The van der Waals surface area contributed by atoms with Crippen molar-refractivity contribution in [3.8, 4) is 0 Å². The molecule has 11 heavy (non-hydrogen) atoms. The van der Waals surface area contributed by atoms with E-state index < -0.39 is 0 Å². The minimum absolute atomic E-state index is 0.285. The van der Waals surface area contributed by atoms with E-state index in [9.17, 15) is 4.79 Å². The van der Waals surface area contributed by atoms with Crippen LogP contribution in [0.5, 0.6) is 0 Å². The Labute approximate surface area is 68.8 Å². The minimum Gasteiger partial charge on any atom is -0.286 e. The molecule has 1 N–H and O–H groups in total. The molecule has 0 aliphatic rings. The van der Waals surface area contributed by atoms with Gasteiger partial charge in [-0.15, -0.1) is 11.3 Å². The summed E-state index contributed by atoms with van der Waals surface area (Å²) < 4.78 is 0. The van der Waals surface area contributed by atoms with E-state index in [0.29, 0.717) is 5.06 Å². The number of hydrogen-bond donors (Lipinski definition) is 1. The third-order valence-corrected chi connectivity index (χ3v) is 2.11. The molecule has 0 unspecified atom stereocenters. The molecule has 1 rings (SSSR count). The summed E-state index contributed by atoms with van der Waals surface area (Å²) in [5, 5.41) is 11.6. The second-order valence-corrected chi connectivity index (χ2v) is 3.19. The Morgan fingerprint density at radius 3 is 3.00 bits per heavy atom. The summed E-state index contributed by atoms with van der Waals surface area (Å²) in [7, 11) is 0. The SMILES string of the molecule is CC(=O)N(O)Cc1cccs1. The van der Waals surface area contributed by atoms with Gasteiger partial charge in [-0.25, -0.2) is 5.06 Å². The van der Waals surface area contributed by atoms with Crippen molar-refractivity contribution in [2.45, 2.75) is 13.5 Å². The van der Waals surface area contributed by atoms with E-state index in [4.69, 9.17) is 5.21 Å². The quantitative estimate of drug-likeness (QED) is 0.541. The molecule has 0 aliphatic carbocycles. The van der Waals surface area contributed by atoms with Gasteiger partial charge in [-0.1, -0.05) is 6.07 Å². The van der Waals surface area contributed by atoms with Crippen molar-refractivity contribution in [2.75, 3.05) is 0 Å². The second kappa shape index (κ2) is 3.50. The monoisotopic (exact) mass is 171 g/mol. The molecule has 0 bridgehead atoms. The Morgan fingerprint density at radius 2 is 2.55 bits per heavy atom. The van der Waals surface area contributed by atoms with E-state index >= 15 is 0 Å². The van der Waals surface area contributed by atoms with Crippen molar-refractivity contribution in [1.82, 2.24) is 5.06 Å². The van der Waals surface area contributed by atoms with Gasteiger partial charge in [0.1, 0.15) is 0 Å². The van der Waals surface area contributed by atoms with Crippen LogP contribution in [0.1, 0.15) is 11.8 Å². The first-order valence-electron chi connectivity index (χ1n) is 3.19. The summed E-state index contributed by atoms with van der Waals surface area (Å²) in [5.74, 6) is -0.335. The van der Waals surface area contributed by atoms with Gasteiger partial charge in [0.25, 0.3) is 0 Å². The van der Waals surface area contributed by atoms with Gasteiger partial charge in [-0.2, -0.15) is 0 Å². The molecule has 0 saturated carbocycles. The van der Waals surface area contributed by atoms with Crippen molar-refractivity contribution in [3.63, 3.8) is 0 Å². The predicted octanol–water partition coefficient (Wildman–Crippen LogP) is 1.49. The molecule has 3 nitrogen and oxygen atoms in total. The van der Waals surface area contributed by atoms with Crippen molar-refractivity contribution in [2.24, 2.45) is 0 Å². The number of hydroxylamine groups is 2. The Morgan fingerprint density at radius 1 is 1.82 bits per heavy atom. The van der Waals surface area contributed by atoms with Gasteiger partial charge < -0.3 is 0 Å². The van der Waals surface area contributed by atoms with Gasteiger partial charge in [-0.3, -0.25) is 10.0 Å². The lowest BCUT2D eigenvalue weighted by molar-refractivity contribution is -0.165. The highest BCUT2D eigenvalue weighted by Gasteiger charge is 2.04. The molecular weight excluding hydrogens is 162 g/mol. The van der Waals surface area contributed by atoms with Crippen LogP contribution in [-0.4, -0.2) is 16.2 Å². The van der Waals surface area contributed by atoms with Crippen LogP contribution < -0.4 is 0 Å². The summed E-state index contributed by atoms with van der Waals surface area (Å²) in [5.41, 5.74) is 0. The van der Waals surface area contributed by atoms with Crippen LogP contribution in [0.3, 0.4) is 0 Å². The van der Waals surface area contributed by atoms with Gasteiger partial charge in [0.15, 0.2) is 0 Å². The number of nitrogens with zero attached hydrogens (tertiary/aromatic N) is 1. The number of rotatable bonds is 2. The van der Waals surface area contributed by atoms with Crippen LogP contribution in [-0.2, 0) is 11.3 Å². The van der Waals surface area contributed by atoms with Crippen LogP contribution in [0.4, 0.5) is 0 Å². The highest BCUT2D eigenvalue weighted by molar-refractivity contribution is 7.09. The molecule has 0 saturated heterocycles. The summed E-state index contributed by atoms with van der Waals surface area (Å²) in [6.45, 7) is 1.61. The van der Waals surface area contributed by atoms with Crippen LogP contribution in [0.15, 0.2) is 17.5 Å². The van der Waals surface area contributed by atoms with Crippen LogP contribution >= 0.6 is 11.3 Å². The maximum absolute atomic E-state index is 10.6. The molecule has 4 heteroatoms. The third-order valence-electron chi connectivity index (χ3n) is 1.25. The normalized spacial score (nSPS) is 9.64. The first kappa shape index (κ1) is 8.23. The number of hydrogen-bond acceptors (Lipinski definition) is 3. The summed E-state index contributed by atoms with van der Waals surface area (Å²) in [6, 6.07) is 3.75. The Kier molecular flexibility index (Phi) is 2.62. The van der Waals surface area contributed by atoms with Gasteiger partial charge in [-0.05, 0) is 11.4 Å². The summed E-state index contributed by atoms with van der Waals surface area (Å²) in [4.78, 5) is 11.5. The molecule has 1 aromatic heterocycles. The smallest absolute Gasteiger partial charge is 0.243 e. The van der Waals surface area contributed by atoms with E-state index in [0.717, 1.165) is 4.88 Å². The molecule has 0 atom stereocenters. The number of thiophene rings is 1. The van der Waals surface area contributed by atoms with E-state index in [-0.39, 0.29) is 12.5 Å². The molecule has 1 amide bonds. The molecule has 60 valence electrons. The topological polar surface area (TPSA) is 40.5 Å². The molecule has 1 heterocycles. The molecular formula is C7H9NO2S. The minimum atomic E-state index is -0.335. The van der Waals surface area contributed by atoms with Crippen molar-refractivity contribution in [1.29, 1.82) is 0 Å². The van der Waals surface area contributed by atoms with Gasteiger partial charge in [0.05, 0.1) is 6.54 Å². The lowest BCUT2D eigenvalue weighted by atomic mass is 10.4. The standard InChI is InChI=1S/C7H9NO2S/c1-6(9)8(10)5-7-3-2-4-11-7/h2-4,10H,5H2,1H3. The summed E-state index contributed by atoms with van der Waals surface area (Å²) >= 11 is 1.51. The molecule has 1 aromatic rings. The molecule has 0 spiro atoms. The van der Waals surface area contributed by atoms with Crippen molar-refractivity contribution >= 4 is 17.2 Å². The lowest BCUT2D eigenvalue weighted by Crippen LogP contribution is -2.23. The maximum Gasteiger partial charge on any atom is 0.243 e. The number of carbonyl (C=O) groups is 1. The molecule has 0 fully saturated rings. The summed E-state index contributed by atoms with van der Waals surface area (Å²) in [6.07, 6.45) is 0.